The number of anilines is 2. The van der Waals surface area contributed by atoms with Gasteiger partial charge in [-0.05, 0) is 49.8 Å². The Kier molecular flexibility index (Phi) is 9.85. The smallest absolute Gasteiger partial charge is 0.171 e. The molecular weight excluding hydrogens is 572 g/mol. The van der Waals surface area contributed by atoms with E-state index in [4.69, 9.17) is 22.9 Å². The van der Waals surface area contributed by atoms with E-state index in [1.807, 2.05) is 36.4 Å². The Labute approximate surface area is 269 Å². The van der Waals surface area contributed by atoms with Crippen molar-refractivity contribution in [2.75, 3.05) is 11.5 Å². The lowest BCUT2D eigenvalue weighted by molar-refractivity contribution is -0.698. The van der Waals surface area contributed by atoms with E-state index in [1.54, 1.807) is 0 Å². The number of fused-ring (bicyclic) bond motifs is 2. The molecule has 0 radical (unpaired) electrons. The number of aryl methyl sites for hydroxylation is 2. The number of aromatic nitrogens is 2. The quantitative estimate of drug-likeness (QED) is 0.107. The molecule has 10 nitrogen and oxygen atoms in total. The third kappa shape index (κ3) is 7.35. The number of pyridine rings is 2. The molecule has 8 N–H and O–H groups in total. The van der Waals surface area contributed by atoms with Gasteiger partial charge in [0.05, 0.1) is 34.1 Å². The van der Waals surface area contributed by atoms with Crippen molar-refractivity contribution >= 4 is 40.6 Å². The Hall–Kier alpha value is -4.80. The number of allylic oxidation sites excluding steroid dienone is 4. The number of hydrogen-bond acceptors (Lipinski definition) is 8. The van der Waals surface area contributed by atoms with E-state index in [0.29, 0.717) is 11.4 Å². The van der Waals surface area contributed by atoms with Crippen LogP contribution in [0.2, 0.25) is 0 Å². The first kappa shape index (κ1) is 31.2. The van der Waals surface area contributed by atoms with Crippen molar-refractivity contribution in [3.8, 4) is 0 Å². The Morgan fingerprint density at radius 2 is 1.35 bits per heavy atom. The highest BCUT2D eigenvalue weighted by atomic mass is 15.1. The lowest BCUT2D eigenvalue weighted by Crippen LogP contribution is -2.48. The SMILES string of the molecule is Nc1cc(N=Nc2cc[n+](CCCCCC[n+]3ccc(N=NC4=CC(N)C(N)C5CC=CC=C45)cc3)cc2)c2c(c1N)=CCCC=2. The van der Waals surface area contributed by atoms with Gasteiger partial charge in [-0.3, -0.25) is 0 Å². The van der Waals surface area contributed by atoms with Gasteiger partial charge in [-0.25, -0.2) is 9.13 Å². The third-order valence-electron chi connectivity index (χ3n) is 8.96. The van der Waals surface area contributed by atoms with E-state index in [0.717, 1.165) is 84.0 Å². The summed E-state index contributed by atoms with van der Waals surface area (Å²) >= 11 is 0. The Morgan fingerprint density at radius 1 is 0.739 bits per heavy atom. The van der Waals surface area contributed by atoms with Gasteiger partial charge in [0.1, 0.15) is 13.1 Å². The molecule has 6 rings (SSSR count). The lowest BCUT2D eigenvalue weighted by atomic mass is 9.77. The average Bonchev–Trinajstić information content (AvgIpc) is 3.09. The molecule has 3 aromatic rings. The number of benzene rings is 1. The molecule has 0 spiro atoms. The molecule has 0 amide bonds. The van der Waals surface area contributed by atoms with Crippen LogP contribution in [0.3, 0.4) is 0 Å². The van der Waals surface area contributed by atoms with Gasteiger partial charge < -0.3 is 22.9 Å². The predicted molar refractivity (Wildman–Crippen MR) is 182 cm³/mol. The Morgan fingerprint density at radius 3 is 2.00 bits per heavy atom. The van der Waals surface area contributed by atoms with Crippen LogP contribution in [-0.2, 0) is 13.1 Å². The minimum atomic E-state index is -0.215. The molecule has 2 heterocycles. The maximum Gasteiger partial charge on any atom is 0.171 e. The Bertz CT molecular complexity index is 1820. The molecule has 3 unspecified atom stereocenters. The summed E-state index contributed by atoms with van der Waals surface area (Å²) in [5.74, 6) is 0.198. The van der Waals surface area contributed by atoms with E-state index >= 15 is 0 Å². The lowest BCUT2D eigenvalue weighted by Gasteiger charge is -2.34. The van der Waals surface area contributed by atoms with Gasteiger partial charge in [0.2, 0.25) is 0 Å². The summed E-state index contributed by atoms with van der Waals surface area (Å²) in [6.45, 7) is 1.94. The fourth-order valence-electron chi connectivity index (χ4n) is 6.25. The summed E-state index contributed by atoms with van der Waals surface area (Å²) < 4.78 is 4.39. The average molecular weight is 617 g/mol. The zero-order valence-corrected chi connectivity index (χ0v) is 26.2. The highest BCUT2D eigenvalue weighted by molar-refractivity contribution is 5.72. The summed E-state index contributed by atoms with van der Waals surface area (Å²) in [6.07, 6.45) is 28.2. The number of unbranched alkanes of at least 4 members (excludes halogenated alkanes) is 3. The molecule has 3 aliphatic carbocycles. The fraction of sp³-hybridized carbons (Fsp3) is 0.333. The fourth-order valence-corrected chi connectivity index (χ4v) is 6.25. The number of nitrogens with zero attached hydrogens (tertiary/aromatic N) is 6. The largest absolute Gasteiger partial charge is 0.397 e. The predicted octanol–water partition coefficient (Wildman–Crippen LogP) is 4.60. The maximum atomic E-state index is 6.33. The second-order valence-electron chi connectivity index (χ2n) is 12.2. The van der Waals surface area contributed by atoms with Gasteiger partial charge in [0.15, 0.2) is 24.8 Å². The molecule has 3 aliphatic rings. The monoisotopic (exact) mass is 616 g/mol. The molecule has 0 saturated carbocycles. The number of nitrogens with two attached hydrogens (primary N) is 4. The van der Waals surface area contributed by atoms with E-state index in [1.165, 1.54) is 12.8 Å². The molecule has 3 atom stereocenters. The summed E-state index contributed by atoms with van der Waals surface area (Å²) in [7, 11) is 0. The molecule has 0 saturated heterocycles. The van der Waals surface area contributed by atoms with Crippen LogP contribution in [0.4, 0.5) is 28.4 Å². The van der Waals surface area contributed by atoms with Crippen LogP contribution in [0.1, 0.15) is 44.9 Å². The van der Waals surface area contributed by atoms with Crippen LogP contribution in [0.25, 0.3) is 12.2 Å². The summed E-state index contributed by atoms with van der Waals surface area (Å²) in [5, 5.41) is 20.0. The van der Waals surface area contributed by atoms with Crippen LogP contribution in [0, 0.1) is 5.92 Å². The molecule has 1 aromatic carbocycles. The Balaban J connectivity index is 0.926. The molecule has 236 valence electrons. The van der Waals surface area contributed by atoms with Gasteiger partial charge in [-0.1, -0.05) is 30.4 Å². The molecule has 2 aromatic heterocycles. The van der Waals surface area contributed by atoms with Gasteiger partial charge in [0, 0.05) is 65.5 Å². The second kappa shape index (κ2) is 14.5. The van der Waals surface area contributed by atoms with Crippen molar-refractivity contribution in [3.63, 3.8) is 0 Å². The molecule has 46 heavy (non-hydrogen) atoms. The minimum absolute atomic E-state index is 0.0918. The van der Waals surface area contributed by atoms with Crippen molar-refractivity contribution in [1.82, 2.24) is 0 Å². The standard InChI is InChI=1S/C36H43N10/c37-31-23-33(27-9-3-5-11-29(27)35(31)39)43-41-25-13-19-45(20-14-25)17-7-1-2-8-18-46-21-15-26(16-22-46)42-44-34-24-32(38)36(40)30-12-6-4-10-28(30)34/h3,5,9-10,12-16,19-24,29,31,35,40H,1-2,4,6-8,11,17-18,37,39H2,(H2,38,44)/q+1/p+1. The van der Waals surface area contributed by atoms with E-state index < -0.39 is 0 Å². The van der Waals surface area contributed by atoms with E-state index in [9.17, 15) is 0 Å². The molecule has 0 bridgehead atoms. The summed E-state index contributed by atoms with van der Waals surface area (Å²) in [6, 6.07) is 9.48. The summed E-state index contributed by atoms with van der Waals surface area (Å²) in [5.41, 5.74) is 30.4. The highest BCUT2D eigenvalue weighted by Gasteiger charge is 2.32. The van der Waals surface area contributed by atoms with Gasteiger partial charge in [-0.15, -0.1) is 5.11 Å². The van der Waals surface area contributed by atoms with Crippen LogP contribution >= 0.6 is 0 Å². The molecular formula is C36H44N10+2. The maximum absolute atomic E-state index is 6.33. The van der Waals surface area contributed by atoms with Gasteiger partial charge in [0.25, 0.3) is 0 Å². The first-order chi connectivity index (χ1) is 22.5. The van der Waals surface area contributed by atoms with Crippen LogP contribution in [0.15, 0.2) is 111 Å². The normalized spacial score (nSPS) is 20.5. The summed E-state index contributed by atoms with van der Waals surface area (Å²) in [4.78, 5) is 0. The van der Waals surface area contributed by atoms with Crippen LogP contribution in [-0.4, -0.2) is 12.1 Å². The van der Waals surface area contributed by atoms with Crippen molar-refractivity contribution in [2.24, 2.45) is 37.8 Å². The molecule has 0 fully saturated rings. The third-order valence-corrected chi connectivity index (χ3v) is 8.96. The first-order valence-corrected chi connectivity index (χ1v) is 16.3. The van der Waals surface area contributed by atoms with E-state index in [2.05, 4.69) is 84.8 Å². The molecule has 0 aliphatic heterocycles. The minimum Gasteiger partial charge on any atom is -0.397 e. The van der Waals surface area contributed by atoms with Crippen molar-refractivity contribution in [1.29, 1.82) is 0 Å². The van der Waals surface area contributed by atoms with Gasteiger partial charge >= 0.3 is 0 Å². The number of hydrogen-bond donors (Lipinski definition) is 4. The zero-order valence-electron chi connectivity index (χ0n) is 26.2. The topological polar surface area (TPSA) is 161 Å². The van der Waals surface area contributed by atoms with Crippen molar-refractivity contribution in [3.05, 3.63) is 101 Å². The first-order valence-electron chi connectivity index (χ1n) is 16.3. The molecule has 10 heteroatoms. The van der Waals surface area contributed by atoms with Crippen molar-refractivity contribution < 1.29 is 9.13 Å². The number of nitrogen functional groups attached to an aromatic ring is 2. The highest BCUT2D eigenvalue weighted by Crippen LogP contribution is 2.35. The van der Waals surface area contributed by atoms with Crippen LogP contribution in [0.5, 0.6) is 0 Å². The van der Waals surface area contributed by atoms with Crippen LogP contribution < -0.4 is 42.5 Å². The zero-order chi connectivity index (χ0) is 31.9. The second-order valence-corrected chi connectivity index (χ2v) is 12.2. The van der Waals surface area contributed by atoms with Gasteiger partial charge in [-0.2, -0.15) is 15.3 Å². The number of rotatable bonds is 11. The van der Waals surface area contributed by atoms with E-state index in [-0.39, 0.29) is 18.0 Å². The number of azo groups is 2. The van der Waals surface area contributed by atoms with Crippen molar-refractivity contribution in [2.45, 2.75) is 70.1 Å².